The van der Waals surface area contributed by atoms with E-state index in [1.165, 1.54) is 10.5 Å². The lowest BCUT2D eigenvalue weighted by atomic mass is 10.1. The number of aromatic nitrogens is 2. The Kier molecular flexibility index (Phi) is 2.90. The number of alkyl halides is 3. The molecule has 0 saturated carbocycles. The van der Waals surface area contributed by atoms with E-state index in [-0.39, 0.29) is 5.82 Å². The van der Waals surface area contributed by atoms with Crippen LogP contribution < -0.4 is 5.73 Å². The minimum Gasteiger partial charge on any atom is -0.383 e. The van der Waals surface area contributed by atoms with Crippen molar-refractivity contribution in [2.75, 3.05) is 5.73 Å². The summed E-state index contributed by atoms with van der Waals surface area (Å²) < 4.78 is 39.5. The fourth-order valence-electron chi connectivity index (χ4n) is 2.15. The monoisotopic (exact) mass is 291 g/mol. The minimum atomic E-state index is -4.41. The Balaban J connectivity index is 2.18. The van der Waals surface area contributed by atoms with Crippen molar-refractivity contribution in [1.29, 1.82) is 0 Å². The summed E-state index contributed by atoms with van der Waals surface area (Å²) in [6, 6.07) is 9.81. The largest absolute Gasteiger partial charge is 0.417 e. The zero-order valence-electron chi connectivity index (χ0n) is 11.1. The maximum absolute atomic E-state index is 12.7. The van der Waals surface area contributed by atoms with Crippen LogP contribution in [-0.2, 0) is 6.18 Å². The number of rotatable bonds is 1. The maximum Gasteiger partial charge on any atom is 0.417 e. The first-order valence-electron chi connectivity index (χ1n) is 6.28. The third-order valence-electron chi connectivity index (χ3n) is 3.31. The molecule has 1 aromatic carbocycles. The number of nitrogen functional groups attached to an aromatic ring is 1. The van der Waals surface area contributed by atoms with E-state index in [0.717, 1.165) is 23.4 Å². The highest BCUT2D eigenvalue weighted by atomic mass is 19.4. The van der Waals surface area contributed by atoms with Gasteiger partial charge in [-0.2, -0.15) is 13.2 Å². The smallest absolute Gasteiger partial charge is 0.383 e. The van der Waals surface area contributed by atoms with E-state index in [1.807, 2.05) is 31.2 Å². The molecule has 0 bridgehead atoms. The van der Waals surface area contributed by atoms with E-state index in [0.29, 0.717) is 11.3 Å². The number of nitrogens with two attached hydrogens (primary N) is 1. The first-order chi connectivity index (χ1) is 9.86. The van der Waals surface area contributed by atoms with Crippen molar-refractivity contribution in [3.63, 3.8) is 0 Å². The van der Waals surface area contributed by atoms with Gasteiger partial charge in [0.2, 0.25) is 0 Å². The van der Waals surface area contributed by atoms with Crippen LogP contribution in [0.5, 0.6) is 0 Å². The van der Waals surface area contributed by atoms with Crippen molar-refractivity contribution >= 4 is 11.5 Å². The number of hydrogen-bond acceptors (Lipinski definition) is 2. The quantitative estimate of drug-likeness (QED) is 0.738. The molecule has 108 valence electrons. The fourth-order valence-corrected chi connectivity index (χ4v) is 2.15. The van der Waals surface area contributed by atoms with Crippen molar-refractivity contribution in [3.8, 4) is 11.3 Å². The zero-order valence-corrected chi connectivity index (χ0v) is 11.1. The standard InChI is InChI=1S/C15H12F3N3/c1-9-2-4-10(5-3-9)13-14(19)21-8-11(15(16,17)18)6-7-12(21)20-13/h2-8H,19H2,1H3. The second-order valence-electron chi connectivity index (χ2n) is 4.86. The molecule has 2 N–H and O–H groups in total. The summed E-state index contributed by atoms with van der Waals surface area (Å²) in [4.78, 5) is 4.31. The molecule has 0 unspecified atom stereocenters. The highest BCUT2D eigenvalue weighted by Gasteiger charge is 2.31. The summed E-state index contributed by atoms with van der Waals surface area (Å²) >= 11 is 0. The molecule has 3 nitrogen and oxygen atoms in total. The number of halogens is 3. The van der Waals surface area contributed by atoms with Gasteiger partial charge in [-0.3, -0.25) is 4.40 Å². The van der Waals surface area contributed by atoms with E-state index >= 15 is 0 Å². The number of fused-ring (bicyclic) bond motifs is 1. The number of nitrogens with zero attached hydrogens (tertiary/aromatic N) is 2. The number of anilines is 1. The molecule has 2 aromatic heterocycles. The van der Waals surface area contributed by atoms with Crippen LogP contribution in [-0.4, -0.2) is 9.38 Å². The molecule has 2 heterocycles. The maximum atomic E-state index is 12.7. The molecule has 0 amide bonds. The number of imidazole rings is 1. The number of benzene rings is 1. The van der Waals surface area contributed by atoms with Gasteiger partial charge in [0.15, 0.2) is 0 Å². The molecule has 0 spiro atoms. The van der Waals surface area contributed by atoms with Gasteiger partial charge >= 0.3 is 6.18 Å². The second kappa shape index (κ2) is 4.51. The zero-order chi connectivity index (χ0) is 15.2. The van der Waals surface area contributed by atoms with Gasteiger partial charge in [0.25, 0.3) is 0 Å². The third-order valence-corrected chi connectivity index (χ3v) is 3.31. The van der Waals surface area contributed by atoms with Crippen LogP contribution in [0.1, 0.15) is 11.1 Å². The topological polar surface area (TPSA) is 43.3 Å². The van der Waals surface area contributed by atoms with Crippen molar-refractivity contribution in [1.82, 2.24) is 9.38 Å². The second-order valence-corrected chi connectivity index (χ2v) is 4.86. The molecular formula is C15H12F3N3. The number of hydrogen-bond donors (Lipinski definition) is 1. The lowest BCUT2D eigenvalue weighted by molar-refractivity contribution is -0.137. The molecule has 3 aromatic rings. The predicted molar refractivity (Wildman–Crippen MR) is 74.8 cm³/mol. The van der Waals surface area contributed by atoms with Crippen LogP contribution in [0.2, 0.25) is 0 Å². The molecule has 0 aliphatic heterocycles. The van der Waals surface area contributed by atoms with Gasteiger partial charge in [0.05, 0.1) is 5.56 Å². The summed E-state index contributed by atoms with van der Waals surface area (Å²) in [7, 11) is 0. The van der Waals surface area contributed by atoms with Crippen LogP contribution in [0, 0.1) is 6.92 Å². The van der Waals surface area contributed by atoms with Crippen LogP contribution in [0.15, 0.2) is 42.6 Å². The van der Waals surface area contributed by atoms with Gasteiger partial charge in [-0.1, -0.05) is 29.8 Å². The van der Waals surface area contributed by atoms with Gasteiger partial charge in [0, 0.05) is 11.8 Å². The molecule has 0 aliphatic carbocycles. The summed E-state index contributed by atoms with van der Waals surface area (Å²) in [5.74, 6) is 0.194. The Morgan fingerprint density at radius 1 is 1.05 bits per heavy atom. The van der Waals surface area contributed by atoms with Crippen LogP contribution in [0.4, 0.5) is 19.0 Å². The Hall–Kier alpha value is -2.50. The molecule has 3 rings (SSSR count). The molecule has 0 saturated heterocycles. The van der Waals surface area contributed by atoms with Crippen molar-refractivity contribution in [3.05, 3.63) is 53.7 Å². The van der Waals surface area contributed by atoms with Gasteiger partial charge in [0.1, 0.15) is 17.2 Å². The van der Waals surface area contributed by atoms with Gasteiger partial charge < -0.3 is 5.73 Å². The van der Waals surface area contributed by atoms with E-state index in [9.17, 15) is 13.2 Å². The van der Waals surface area contributed by atoms with Crippen molar-refractivity contribution < 1.29 is 13.2 Å². The average Bonchev–Trinajstić information content (AvgIpc) is 2.76. The van der Waals surface area contributed by atoms with Crippen LogP contribution >= 0.6 is 0 Å². The lowest BCUT2D eigenvalue weighted by Gasteiger charge is -2.07. The highest BCUT2D eigenvalue weighted by molar-refractivity contribution is 5.75. The molecule has 0 radical (unpaired) electrons. The first-order valence-corrected chi connectivity index (χ1v) is 6.28. The summed E-state index contributed by atoms with van der Waals surface area (Å²) in [5.41, 5.74) is 7.92. The summed E-state index contributed by atoms with van der Waals surface area (Å²) in [6.07, 6.45) is -3.44. The van der Waals surface area contributed by atoms with E-state index in [4.69, 9.17) is 5.73 Å². The van der Waals surface area contributed by atoms with Gasteiger partial charge in [-0.25, -0.2) is 4.98 Å². The average molecular weight is 291 g/mol. The van der Waals surface area contributed by atoms with E-state index < -0.39 is 11.7 Å². The Labute approximate surface area is 118 Å². The molecule has 0 aliphatic rings. The predicted octanol–water partition coefficient (Wildman–Crippen LogP) is 3.91. The highest BCUT2D eigenvalue weighted by Crippen LogP contribution is 2.32. The summed E-state index contributed by atoms with van der Waals surface area (Å²) in [6.45, 7) is 1.95. The summed E-state index contributed by atoms with van der Waals surface area (Å²) in [5, 5.41) is 0. The van der Waals surface area contributed by atoms with Crippen LogP contribution in [0.25, 0.3) is 16.9 Å². The van der Waals surface area contributed by atoms with Crippen LogP contribution in [0.3, 0.4) is 0 Å². The molecule has 0 fully saturated rings. The lowest BCUT2D eigenvalue weighted by Crippen LogP contribution is -2.06. The normalized spacial score (nSPS) is 12.0. The molecule has 0 atom stereocenters. The van der Waals surface area contributed by atoms with Gasteiger partial charge in [-0.05, 0) is 19.1 Å². The van der Waals surface area contributed by atoms with Crippen molar-refractivity contribution in [2.24, 2.45) is 0 Å². The van der Waals surface area contributed by atoms with E-state index in [2.05, 4.69) is 4.98 Å². The SMILES string of the molecule is Cc1ccc(-c2nc3ccc(C(F)(F)F)cn3c2N)cc1. The van der Waals surface area contributed by atoms with Crippen molar-refractivity contribution in [2.45, 2.75) is 13.1 Å². The van der Waals surface area contributed by atoms with E-state index in [1.54, 1.807) is 0 Å². The minimum absolute atomic E-state index is 0.194. The Morgan fingerprint density at radius 2 is 1.71 bits per heavy atom. The first kappa shape index (κ1) is 13.5. The Bertz CT molecular complexity index is 801. The fraction of sp³-hybridized carbons (Fsp3) is 0.133. The molecule has 21 heavy (non-hydrogen) atoms. The number of pyridine rings is 1. The Morgan fingerprint density at radius 3 is 2.33 bits per heavy atom. The molecular weight excluding hydrogens is 279 g/mol. The van der Waals surface area contributed by atoms with Gasteiger partial charge in [-0.15, -0.1) is 0 Å². The number of aryl methyl sites for hydroxylation is 1. The third kappa shape index (κ3) is 2.33. The molecule has 6 heteroatoms.